The van der Waals surface area contributed by atoms with Crippen LogP contribution in [0.2, 0.25) is 0 Å². The van der Waals surface area contributed by atoms with Crippen molar-refractivity contribution < 1.29 is 41.9 Å². The Morgan fingerprint density at radius 2 is 1.52 bits per heavy atom. The van der Waals surface area contributed by atoms with Crippen LogP contribution in [-0.2, 0) is 20.5 Å². The van der Waals surface area contributed by atoms with Gasteiger partial charge in [0.2, 0.25) is 5.75 Å². The first-order valence-corrected chi connectivity index (χ1v) is 16.4. The first-order chi connectivity index (χ1) is 22.4. The van der Waals surface area contributed by atoms with Gasteiger partial charge in [0.25, 0.3) is 0 Å². The third-order valence-corrected chi connectivity index (χ3v) is 9.62. The number of rotatable bonds is 9. The molecule has 0 spiro atoms. The molecule has 5 rings (SSSR count). The summed E-state index contributed by atoms with van der Waals surface area (Å²) < 4.78 is 57.1. The normalized spacial score (nSPS) is 19.3. The molecule has 0 saturated heterocycles. The maximum Gasteiger partial charge on any atom is 0.416 e. The Morgan fingerprint density at radius 1 is 0.938 bits per heavy atom. The smallest absolute Gasteiger partial charge is 0.416 e. The fourth-order valence-electron chi connectivity index (χ4n) is 7.06. The van der Waals surface area contributed by atoms with Crippen molar-refractivity contribution in [3.05, 3.63) is 78.6 Å². The molecule has 2 aromatic carbocycles. The van der Waals surface area contributed by atoms with Gasteiger partial charge in [-0.2, -0.15) is 13.2 Å². The van der Waals surface area contributed by atoms with Gasteiger partial charge in [0.1, 0.15) is 0 Å². The quantitative estimate of drug-likeness (QED) is 0.143. The SMILES string of the molecule is COCCCN1C2=C(C(=O)CC(C)(C)C2)C(c2cc(Br)c(Oc3ccc(C(F)(F)F)cc3[N+](=O)[O-])c(OC)c2)C2=C1CC(C)(C)CC2=O. The molecule has 0 bridgehead atoms. The predicted octanol–water partition coefficient (Wildman–Crippen LogP) is 8.90. The summed E-state index contributed by atoms with van der Waals surface area (Å²) in [6.07, 6.45) is -2.25. The van der Waals surface area contributed by atoms with E-state index in [9.17, 15) is 32.9 Å². The molecule has 0 N–H and O–H groups in total. The van der Waals surface area contributed by atoms with Crippen LogP contribution >= 0.6 is 15.9 Å². The van der Waals surface area contributed by atoms with Gasteiger partial charge in [-0.25, -0.2) is 0 Å². The molecular formula is C35H38BrF3N2O7. The van der Waals surface area contributed by atoms with Gasteiger partial charge in [-0.3, -0.25) is 19.7 Å². The molecule has 0 unspecified atom stereocenters. The Balaban J connectivity index is 1.68. The number of Topliss-reactive ketones (excluding diaryl/α,β-unsaturated/α-hetero) is 2. The molecule has 0 radical (unpaired) electrons. The zero-order valence-electron chi connectivity index (χ0n) is 27.7. The molecule has 0 fully saturated rings. The Kier molecular flexibility index (Phi) is 9.61. The number of hydrogen-bond acceptors (Lipinski definition) is 8. The zero-order valence-corrected chi connectivity index (χ0v) is 29.3. The van der Waals surface area contributed by atoms with Gasteiger partial charge in [-0.05, 0) is 75.9 Å². The maximum absolute atomic E-state index is 14.1. The van der Waals surface area contributed by atoms with E-state index in [0.717, 1.165) is 17.5 Å². The summed E-state index contributed by atoms with van der Waals surface area (Å²) in [6.45, 7) is 9.33. The van der Waals surface area contributed by atoms with Crippen LogP contribution in [0.25, 0.3) is 0 Å². The third kappa shape index (κ3) is 6.89. The van der Waals surface area contributed by atoms with Crippen LogP contribution in [0.4, 0.5) is 18.9 Å². The number of nitro benzene ring substituents is 1. The Bertz CT molecular complexity index is 1690. The molecule has 2 aromatic rings. The fourth-order valence-corrected chi connectivity index (χ4v) is 7.60. The minimum absolute atomic E-state index is 0.0169. The molecule has 0 atom stereocenters. The predicted molar refractivity (Wildman–Crippen MR) is 175 cm³/mol. The number of alkyl halides is 3. The standard InChI is InChI=1S/C35H38BrF3N2O7/c1-33(2)15-23-30(25(42)17-33)29(31-24(40(23)10-7-11-46-5)16-34(3,4)18-26(31)43)19-12-21(36)32(28(13-19)47-6)48-27-9-8-20(35(37,38)39)14-22(27)41(44)45/h8-9,12-14,29H,7,10-11,15-18H2,1-6H3. The molecular weight excluding hydrogens is 697 g/mol. The topological polar surface area (TPSA) is 108 Å². The number of nitro groups is 1. The molecule has 2 aliphatic carbocycles. The van der Waals surface area contributed by atoms with Crippen LogP contribution in [0.1, 0.15) is 76.8 Å². The lowest BCUT2D eigenvalue weighted by atomic mass is 9.63. The molecule has 13 heteroatoms. The highest BCUT2D eigenvalue weighted by Gasteiger charge is 2.49. The van der Waals surface area contributed by atoms with E-state index in [0.29, 0.717) is 74.1 Å². The fraction of sp³-hybridized carbons (Fsp3) is 0.486. The van der Waals surface area contributed by atoms with Gasteiger partial charge in [-0.1, -0.05) is 27.7 Å². The molecule has 0 saturated carbocycles. The van der Waals surface area contributed by atoms with E-state index in [1.165, 1.54) is 7.11 Å². The van der Waals surface area contributed by atoms with E-state index < -0.39 is 34.0 Å². The number of hydrogen-bond donors (Lipinski definition) is 0. The summed E-state index contributed by atoms with van der Waals surface area (Å²) in [5.74, 6) is -1.15. The minimum Gasteiger partial charge on any atom is -0.493 e. The molecule has 0 amide bonds. The van der Waals surface area contributed by atoms with Crippen LogP contribution in [0.5, 0.6) is 17.2 Å². The summed E-state index contributed by atoms with van der Waals surface area (Å²) in [4.78, 5) is 41.2. The summed E-state index contributed by atoms with van der Waals surface area (Å²) in [5, 5.41) is 11.8. The van der Waals surface area contributed by atoms with Crippen LogP contribution in [0.15, 0.2) is 57.3 Å². The lowest BCUT2D eigenvalue weighted by Crippen LogP contribution is -2.44. The first-order valence-electron chi connectivity index (χ1n) is 15.6. The van der Waals surface area contributed by atoms with E-state index in [2.05, 4.69) is 48.5 Å². The highest BCUT2D eigenvalue weighted by Crippen LogP contribution is 2.56. The van der Waals surface area contributed by atoms with Crippen molar-refractivity contribution in [2.45, 2.75) is 71.9 Å². The summed E-state index contributed by atoms with van der Waals surface area (Å²) >= 11 is 3.49. The van der Waals surface area contributed by atoms with E-state index in [4.69, 9.17) is 14.2 Å². The number of ether oxygens (including phenoxy) is 3. The van der Waals surface area contributed by atoms with Crippen molar-refractivity contribution in [2.75, 3.05) is 27.4 Å². The van der Waals surface area contributed by atoms with Gasteiger partial charge in [0, 0.05) is 67.6 Å². The number of carbonyl (C=O) groups is 2. The van der Waals surface area contributed by atoms with E-state index in [-0.39, 0.29) is 38.4 Å². The Hall–Kier alpha value is -3.71. The average Bonchev–Trinajstić information content (AvgIpc) is 2.96. The third-order valence-electron chi connectivity index (χ3n) is 9.03. The lowest BCUT2D eigenvalue weighted by Gasteiger charge is -2.49. The van der Waals surface area contributed by atoms with Crippen molar-refractivity contribution in [3.8, 4) is 17.2 Å². The monoisotopic (exact) mass is 734 g/mol. The van der Waals surface area contributed by atoms with Gasteiger partial charge < -0.3 is 19.1 Å². The Labute approximate surface area is 285 Å². The number of allylic oxidation sites excluding steroid dienone is 4. The highest BCUT2D eigenvalue weighted by molar-refractivity contribution is 9.10. The number of carbonyl (C=O) groups excluding carboxylic acids is 2. The van der Waals surface area contributed by atoms with Crippen LogP contribution < -0.4 is 9.47 Å². The number of halogens is 4. The van der Waals surface area contributed by atoms with Crippen LogP contribution in [0.3, 0.4) is 0 Å². The molecule has 9 nitrogen and oxygen atoms in total. The molecule has 48 heavy (non-hydrogen) atoms. The second-order valence-corrected chi connectivity index (χ2v) is 15.0. The van der Waals surface area contributed by atoms with Gasteiger partial charge in [0.05, 0.1) is 22.1 Å². The second kappa shape index (κ2) is 13.0. The van der Waals surface area contributed by atoms with E-state index in [1.807, 2.05) is 0 Å². The molecule has 1 aliphatic heterocycles. The maximum atomic E-state index is 14.1. The number of ketones is 2. The second-order valence-electron chi connectivity index (χ2n) is 14.1. The van der Waals surface area contributed by atoms with Crippen molar-refractivity contribution >= 4 is 33.2 Å². The lowest BCUT2D eigenvalue weighted by molar-refractivity contribution is -0.385. The van der Waals surface area contributed by atoms with Crippen molar-refractivity contribution in [3.63, 3.8) is 0 Å². The van der Waals surface area contributed by atoms with Crippen LogP contribution in [-0.4, -0.2) is 48.8 Å². The molecule has 3 aliphatic rings. The number of nitrogens with zero attached hydrogens (tertiary/aromatic N) is 2. The zero-order chi connectivity index (χ0) is 35.3. The van der Waals surface area contributed by atoms with E-state index in [1.54, 1.807) is 19.2 Å². The molecule has 1 heterocycles. The van der Waals surface area contributed by atoms with Crippen molar-refractivity contribution in [2.24, 2.45) is 10.8 Å². The van der Waals surface area contributed by atoms with Gasteiger partial charge >= 0.3 is 11.9 Å². The van der Waals surface area contributed by atoms with Gasteiger partial charge in [0.15, 0.2) is 23.1 Å². The number of methoxy groups -OCH3 is 2. The average molecular weight is 736 g/mol. The first kappa shape index (κ1) is 35.6. The Morgan fingerprint density at radius 3 is 2.02 bits per heavy atom. The van der Waals surface area contributed by atoms with Gasteiger partial charge in [-0.15, -0.1) is 0 Å². The van der Waals surface area contributed by atoms with E-state index >= 15 is 0 Å². The summed E-state index contributed by atoms with van der Waals surface area (Å²) in [5.41, 5.74) is 0.779. The minimum atomic E-state index is -4.79. The highest BCUT2D eigenvalue weighted by atomic mass is 79.9. The molecule has 0 aromatic heterocycles. The van der Waals surface area contributed by atoms with Crippen molar-refractivity contribution in [1.29, 1.82) is 0 Å². The molecule has 258 valence electrons. The summed E-state index contributed by atoms with van der Waals surface area (Å²) in [7, 11) is 2.99. The van der Waals surface area contributed by atoms with Crippen molar-refractivity contribution in [1.82, 2.24) is 4.90 Å². The summed E-state index contributed by atoms with van der Waals surface area (Å²) in [6, 6.07) is 5.30. The van der Waals surface area contributed by atoms with Crippen LogP contribution in [0, 0.1) is 20.9 Å². The largest absolute Gasteiger partial charge is 0.493 e. The number of benzene rings is 2.